The molecule has 1 saturated carbocycles. The first-order chi connectivity index (χ1) is 24.2. The number of allylic oxidation sites excluding steroid dienone is 1. The van der Waals surface area contributed by atoms with E-state index in [-0.39, 0.29) is 37.3 Å². The van der Waals surface area contributed by atoms with Crippen molar-refractivity contribution in [3.05, 3.63) is 24.3 Å². The number of unbranched alkanes of at least 4 members (excludes halogenated alkanes) is 15. The van der Waals surface area contributed by atoms with E-state index in [1.165, 1.54) is 83.5 Å². The van der Waals surface area contributed by atoms with Crippen LogP contribution in [0.1, 0.15) is 175 Å². The van der Waals surface area contributed by atoms with Gasteiger partial charge in [-0.25, -0.2) is 0 Å². The highest BCUT2D eigenvalue weighted by Crippen LogP contribution is 2.36. The second-order valence-electron chi connectivity index (χ2n) is 15.0. The lowest BCUT2D eigenvalue weighted by Gasteiger charge is -2.19. The summed E-state index contributed by atoms with van der Waals surface area (Å²) in [6.07, 6.45) is 29.3. The average Bonchev–Trinajstić information content (AvgIpc) is 3.37. The zero-order valence-electron chi connectivity index (χ0n) is 32.2. The first-order valence-corrected chi connectivity index (χ1v) is 20.5. The molecule has 0 aliphatic heterocycles. The molecule has 8 heteroatoms. The molecule has 1 rings (SSSR count). The molecule has 4 N–H and O–H groups in total. The minimum atomic E-state index is -0.884. The third-order valence-corrected chi connectivity index (χ3v) is 10.4. The van der Waals surface area contributed by atoms with E-state index in [2.05, 4.69) is 20.8 Å². The van der Waals surface area contributed by atoms with Gasteiger partial charge in [0.25, 0.3) is 0 Å². The fraction of sp³-hybridized carbons (Fsp3) is 0.857. The molecular formula is C42H76O8. The molecular weight excluding hydrogens is 632 g/mol. The maximum absolute atomic E-state index is 12.2. The van der Waals surface area contributed by atoms with Gasteiger partial charge >= 0.3 is 11.9 Å². The molecule has 8 nitrogen and oxygen atoms in total. The lowest BCUT2D eigenvalue weighted by atomic mass is 9.89. The third-order valence-electron chi connectivity index (χ3n) is 10.4. The van der Waals surface area contributed by atoms with Crippen LogP contribution in [0.3, 0.4) is 0 Å². The predicted molar refractivity (Wildman–Crippen MR) is 203 cm³/mol. The van der Waals surface area contributed by atoms with Crippen molar-refractivity contribution in [2.75, 3.05) is 13.2 Å². The maximum Gasteiger partial charge on any atom is 0.309 e. The largest absolute Gasteiger partial charge is 0.461 e. The van der Waals surface area contributed by atoms with E-state index in [0.717, 1.165) is 44.4 Å². The minimum Gasteiger partial charge on any atom is -0.461 e. The lowest BCUT2D eigenvalue weighted by Crippen LogP contribution is -2.28. The molecule has 1 aliphatic carbocycles. The quantitative estimate of drug-likeness (QED) is 0.0309. The second kappa shape index (κ2) is 30.8. The SMILES string of the molecule is CCCCC[C@@H](O)/C=C/[C@@H]1[C@H](C/C=C\CC(=O)OC[C@H](CO)OC(=O)CCCCCCCCCCCCCCCCC(C)CC)[C@@H](O)C[C@H]1O. The molecule has 50 heavy (non-hydrogen) atoms. The number of aliphatic hydroxyl groups excluding tert-OH is 4. The summed E-state index contributed by atoms with van der Waals surface area (Å²) in [5.41, 5.74) is 0. The van der Waals surface area contributed by atoms with E-state index in [0.29, 0.717) is 19.3 Å². The molecule has 0 aromatic rings. The molecule has 0 saturated heterocycles. The molecule has 0 aromatic carbocycles. The van der Waals surface area contributed by atoms with Gasteiger partial charge in [0.05, 0.1) is 31.3 Å². The van der Waals surface area contributed by atoms with Gasteiger partial charge in [-0.3, -0.25) is 9.59 Å². The van der Waals surface area contributed by atoms with Crippen LogP contribution in [0.2, 0.25) is 0 Å². The highest BCUT2D eigenvalue weighted by Gasteiger charge is 2.39. The number of carbonyl (C=O) groups excluding carboxylic acids is 2. The molecule has 292 valence electrons. The average molecular weight is 709 g/mol. The van der Waals surface area contributed by atoms with Gasteiger partial charge in [0.15, 0.2) is 6.10 Å². The zero-order valence-corrected chi connectivity index (χ0v) is 32.2. The topological polar surface area (TPSA) is 134 Å². The van der Waals surface area contributed by atoms with E-state index >= 15 is 0 Å². The highest BCUT2D eigenvalue weighted by molar-refractivity contribution is 5.71. The monoisotopic (exact) mass is 709 g/mol. The molecule has 1 fully saturated rings. The minimum absolute atomic E-state index is 0.00680. The van der Waals surface area contributed by atoms with Crippen molar-refractivity contribution < 1.29 is 39.5 Å². The summed E-state index contributed by atoms with van der Waals surface area (Å²) in [5, 5.41) is 40.7. The number of ether oxygens (including phenoxy) is 2. The van der Waals surface area contributed by atoms with Crippen molar-refractivity contribution in [1.29, 1.82) is 0 Å². The number of esters is 2. The molecule has 0 bridgehead atoms. The predicted octanol–water partition coefficient (Wildman–Crippen LogP) is 8.91. The summed E-state index contributed by atoms with van der Waals surface area (Å²) in [6, 6.07) is 0. The van der Waals surface area contributed by atoms with Crippen molar-refractivity contribution in [3.8, 4) is 0 Å². The Morgan fingerprint density at radius 3 is 1.92 bits per heavy atom. The molecule has 7 atom stereocenters. The van der Waals surface area contributed by atoms with E-state index in [1.807, 2.05) is 6.08 Å². The summed E-state index contributed by atoms with van der Waals surface area (Å²) in [5.74, 6) is -0.479. The lowest BCUT2D eigenvalue weighted by molar-refractivity contribution is -0.161. The van der Waals surface area contributed by atoms with Gasteiger partial charge in [-0.15, -0.1) is 0 Å². The van der Waals surface area contributed by atoms with Crippen LogP contribution in [-0.4, -0.2) is 70.0 Å². The molecule has 0 heterocycles. The zero-order chi connectivity index (χ0) is 36.8. The Morgan fingerprint density at radius 1 is 0.760 bits per heavy atom. The van der Waals surface area contributed by atoms with Gasteiger partial charge in [0.1, 0.15) is 6.61 Å². The smallest absolute Gasteiger partial charge is 0.309 e. The number of rotatable bonds is 32. The Hall–Kier alpha value is -1.74. The molecule has 0 radical (unpaired) electrons. The Labute approximate surface area is 305 Å². The van der Waals surface area contributed by atoms with E-state index in [9.17, 15) is 30.0 Å². The number of aliphatic hydroxyl groups is 4. The summed E-state index contributed by atoms with van der Waals surface area (Å²) in [6.45, 7) is 6.14. The van der Waals surface area contributed by atoms with Crippen molar-refractivity contribution in [1.82, 2.24) is 0 Å². The van der Waals surface area contributed by atoms with Gasteiger partial charge in [-0.1, -0.05) is 161 Å². The molecule has 1 aliphatic rings. The van der Waals surface area contributed by atoms with Crippen molar-refractivity contribution in [2.45, 2.75) is 199 Å². The first kappa shape index (κ1) is 46.3. The molecule has 1 unspecified atom stereocenters. The van der Waals surface area contributed by atoms with Crippen LogP contribution in [0.15, 0.2) is 24.3 Å². The Balaban J connectivity index is 2.11. The van der Waals surface area contributed by atoms with Crippen LogP contribution >= 0.6 is 0 Å². The molecule has 0 spiro atoms. The molecule has 0 aromatic heterocycles. The summed E-state index contributed by atoms with van der Waals surface area (Å²) in [7, 11) is 0. The van der Waals surface area contributed by atoms with E-state index in [4.69, 9.17) is 9.47 Å². The normalized spacial score (nSPS) is 21.2. The highest BCUT2D eigenvalue weighted by atomic mass is 16.6. The first-order valence-electron chi connectivity index (χ1n) is 20.5. The maximum atomic E-state index is 12.2. The van der Waals surface area contributed by atoms with Crippen molar-refractivity contribution >= 4 is 11.9 Å². The van der Waals surface area contributed by atoms with Crippen LogP contribution in [0.5, 0.6) is 0 Å². The number of carbonyl (C=O) groups is 2. The van der Waals surface area contributed by atoms with Gasteiger partial charge in [0.2, 0.25) is 0 Å². The van der Waals surface area contributed by atoms with Gasteiger partial charge < -0.3 is 29.9 Å². The van der Waals surface area contributed by atoms with Crippen LogP contribution in [-0.2, 0) is 19.1 Å². The Kier molecular flexibility index (Phi) is 28.6. The van der Waals surface area contributed by atoms with Gasteiger partial charge in [-0.05, 0) is 31.1 Å². The Bertz CT molecular complexity index is 889. The van der Waals surface area contributed by atoms with E-state index in [1.54, 1.807) is 18.2 Å². The fourth-order valence-electron chi connectivity index (χ4n) is 6.80. The van der Waals surface area contributed by atoms with Crippen molar-refractivity contribution in [3.63, 3.8) is 0 Å². The fourth-order valence-corrected chi connectivity index (χ4v) is 6.80. The number of hydrogen-bond donors (Lipinski definition) is 4. The van der Waals surface area contributed by atoms with Crippen LogP contribution in [0.4, 0.5) is 0 Å². The Morgan fingerprint density at radius 2 is 1.34 bits per heavy atom. The third kappa shape index (κ3) is 23.7. The van der Waals surface area contributed by atoms with Crippen LogP contribution in [0, 0.1) is 17.8 Å². The van der Waals surface area contributed by atoms with Crippen LogP contribution in [0.25, 0.3) is 0 Å². The number of hydrogen-bond acceptors (Lipinski definition) is 8. The standard InChI is InChI=1S/C42H76O8/c1-4-6-19-25-35(44)29-30-38-37(39(45)31-40(38)46)26-22-23-27-41(47)49-33-36(32-43)50-42(48)28-21-18-16-14-12-10-8-7-9-11-13-15-17-20-24-34(3)5-2/h22-23,29-30,34-40,43-46H,4-21,24-28,31-33H2,1-3H3/b23-22-,30-29+/t34?,35-,36+,37+,38-,39+,40-/m1/s1. The van der Waals surface area contributed by atoms with Crippen molar-refractivity contribution in [2.24, 2.45) is 17.8 Å². The molecule has 0 amide bonds. The summed E-state index contributed by atoms with van der Waals surface area (Å²) >= 11 is 0. The van der Waals surface area contributed by atoms with Gasteiger partial charge in [0, 0.05) is 18.8 Å². The summed E-state index contributed by atoms with van der Waals surface area (Å²) in [4.78, 5) is 24.5. The van der Waals surface area contributed by atoms with Gasteiger partial charge in [-0.2, -0.15) is 0 Å². The second-order valence-corrected chi connectivity index (χ2v) is 15.0. The summed E-state index contributed by atoms with van der Waals surface area (Å²) < 4.78 is 10.5. The van der Waals surface area contributed by atoms with Crippen LogP contribution < -0.4 is 0 Å². The van der Waals surface area contributed by atoms with E-state index < -0.39 is 37.0 Å².